The van der Waals surface area contributed by atoms with Gasteiger partial charge in [0.15, 0.2) is 16.9 Å². The third-order valence-corrected chi connectivity index (χ3v) is 5.90. The second kappa shape index (κ2) is 7.42. The summed E-state index contributed by atoms with van der Waals surface area (Å²) in [5.74, 6) is 0.628. The van der Waals surface area contributed by atoms with Gasteiger partial charge in [-0.1, -0.05) is 13.3 Å². The average Bonchev–Trinajstić information content (AvgIpc) is 3.03. The first-order chi connectivity index (χ1) is 12.8. The fourth-order valence-corrected chi connectivity index (χ4v) is 4.08. The highest BCUT2D eigenvalue weighted by Crippen LogP contribution is 2.24. The summed E-state index contributed by atoms with van der Waals surface area (Å²) in [7, 11) is 3.07. The second-order valence-corrected chi connectivity index (χ2v) is 7.59. The number of carbonyl (C=O) groups is 1. The molecule has 1 aliphatic rings. The molecule has 0 spiro atoms. The zero-order valence-corrected chi connectivity index (χ0v) is 16.9. The Morgan fingerprint density at radius 1 is 1.22 bits per heavy atom. The van der Waals surface area contributed by atoms with Crippen molar-refractivity contribution in [2.45, 2.75) is 65.1 Å². The number of aryl methyl sites for hydroxylation is 1. The maximum absolute atomic E-state index is 12.8. The minimum atomic E-state index is -0.514. The van der Waals surface area contributed by atoms with Crippen molar-refractivity contribution in [3.05, 3.63) is 26.7 Å². The molecular formula is C19H29N5O3. The van der Waals surface area contributed by atoms with Gasteiger partial charge < -0.3 is 4.57 Å². The number of rotatable bonds is 5. The zero-order valence-electron chi connectivity index (χ0n) is 16.9. The predicted octanol–water partition coefficient (Wildman–Crippen LogP) is 1.35. The molecule has 0 amide bonds. The molecule has 0 aliphatic carbocycles. The molecule has 2 aromatic rings. The minimum absolute atomic E-state index is 0.0443. The summed E-state index contributed by atoms with van der Waals surface area (Å²) in [5, 5.41) is 0. The Morgan fingerprint density at radius 2 is 1.93 bits per heavy atom. The minimum Gasteiger partial charge on any atom is -0.311 e. The third kappa shape index (κ3) is 3.26. The molecule has 1 saturated heterocycles. The summed E-state index contributed by atoms with van der Waals surface area (Å²) in [4.78, 5) is 44.4. The first-order valence-corrected chi connectivity index (χ1v) is 9.69. The molecule has 2 atom stereocenters. The van der Waals surface area contributed by atoms with E-state index in [4.69, 9.17) is 0 Å². The predicted molar refractivity (Wildman–Crippen MR) is 104 cm³/mol. The molecule has 27 heavy (non-hydrogen) atoms. The van der Waals surface area contributed by atoms with Crippen molar-refractivity contribution in [2.75, 3.05) is 6.54 Å². The van der Waals surface area contributed by atoms with E-state index < -0.39 is 17.3 Å². The number of nitrogens with zero attached hydrogens (tertiary/aromatic N) is 5. The van der Waals surface area contributed by atoms with Gasteiger partial charge >= 0.3 is 5.69 Å². The topological polar surface area (TPSA) is 82.1 Å². The molecule has 148 valence electrons. The Kier molecular flexibility index (Phi) is 5.37. The molecule has 3 heterocycles. The van der Waals surface area contributed by atoms with E-state index in [1.807, 2.05) is 0 Å². The van der Waals surface area contributed by atoms with Gasteiger partial charge in [0.25, 0.3) is 5.56 Å². The van der Waals surface area contributed by atoms with Gasteiger partial charge in [0.1, 0.15) is 5.82 Å². The van der Waals surface area contributed by atoms with Gasteiger partial charge in [0, 0.05) is 20.1 Å². The van der Waals surface area contributed by atoms with Crippen LogP contribution in [0.4, 0.5) is 0 Å². The largest absolute Gasteiger partial charge is 0.332 e. The maximum atomic E-state index is 12.8. The number of hydrogen-bond donors (Lipinski definition) is 0. The molecule has 2 aromatic heterocycles. The highest BCUT2D eigenvalue weighted by atomic mass is 16.2. The second-order valence-electron chi connectivity index (χ2n) is 7.59. The van der Waals surface area contributed by atoms with Crippen molar-refractivity contribution in [3.8, 4) is 0 Å². The van der Waals surface area contributed by atoms with Crippen molar-refractivity contribution in [2.24, 2.45) is 14.1 Å². The molecule has 0 saturated carbocycles. The van der Waals surface area contributed by atoms with E-state index >= 15 is 0 Å². The number of likely N-dealkylation sites (tertiary alicyclic amines) is 1. The number of ketones is 1. The molecular weight excluding hydrogens is 346 g/mol. The lowest BCUT2D eigenvalue weighted by Gasteiger charge is -2.35. The van der Waals surface area contributed by atoms with Crippen LogP contribution in [0.25, 0.3) is 11.2 Å². The van der Waals surface area contributed by atoms with Crippen LogP contribution in [0.5, 0.6) is 0 Å². The maximum Gasteiger partial charge on any atom is 0.332 e. The van der Waals surface area contributed by atoms with E-state index in [0.29, 0.717) is 29.6 Å². The molecule has 3 rings (SSSR count). The molecule has 1 aliphatic heterocycles. The summed E-state index contributed by atoms with van der Waals surface area (Å²) in [5.41, 5.74) is -0.159. The summed E-state index contributed by atoms with van der Waals surface area (Å²) >= 11 is 0. The first kappa shape index (κ1) is 19.5. The molecule has 0 N–H and O–H groups in total. The van der Waals surface area contributed by atoms with Crippen molar-refractivity contribution in [3.63, 3.8) is 0 Å². The van der Waals surface area contributed by atoms with Crippen LogP contribution in [0.1, 0.15) is 58.3 Å². The van der Waals surface area contributed by atoms with Gasteiger partial charge in [-0.05, 0) is 39.7 Å². The lowest BCUT2D eigenvalue weighted by molar-refractivity contribution is -0.119. The van der Waals surface area contributed by atoms with Crippen LogP contribution >= 0.6 is 0 Å². The van der Waals surface area contributed by atoms with Crippen molar-refractivity contribution in [1.29, 1.82) is 0 Å². The number of Topliss-reactive ketones (excluding diaryl/α,β-unsaturated/α-hetero) is 1. The lowest BCUT2D eigenvalue weighted by atomic mass is 10.00. The fraction of sp³-hybridized carbons (Fsp3) is 0.684. The van der Waals surface area contributed by atoms with Gasteiger partial charge in [-0.2, -0.15) is 0 Å². The molecule has 8 heteroatoms. The third-order valence-electron chi connectivity index (χ3n) is 5.90. The van der Waals surface area contributed by atoms with Crippen molar-refractivity contribution >= 4 is 16.9 Å². The number of imidazole rings is 1. The number of hydrogen-bond acceptors (Lipinski definition) is 5. The average molecular weight is 375 g/mol. The lowest BCUT2D eigenvalue weighted by Crippen LogP contribution is -2.39. The van der Waals surface area contributed by atoms with Crippen LogP contribution in [-0.4, -0.2) is 42.0 Å². The van der Waals surface area contributed by atoms with E-state index in [1.54, 1.807) is 18.5 Å². The van der Waals surface area contributed by atoms with Gasteiger partial charge in [-0.15, -0.1) is 0 Å². The van der Waals surface area contributed by atoms with E-state index in [1.165, 1.54) is 25.0 Å². The summed E-state index contributed by atoms with van der Waals surface area (Å²) in [6, 6.07) is -0.0358. The van der Waals surface area contributed by atoms with E-state index in [2.05, 4.69) is 16.8 Å². The molecule has 0 bridgehead atoms. The summed E-state index contributed by atoms with van der Waals surface area (Å²) in [6.45, 7) is 7.03. The van der Waals surface area contributed by atoms with E-state index in [0.717, 1.165) is 30.4 Å². The van der Waals surface area contributed by atoms with Crippen molar-refractivity contribution in [1.82, 2.24) is 23.6 Å². The number of piperidine rings is 1. The SMILES string of the molecule is CC[C@H]1CCCCN1Cc1nc2c(c(=O)n(C)c(=O)n2C)n1[C@@H](C)C(C)=O. The molecule has 1 fully saturated rings. The Balaban J connectivity index is 2.22. The Hall–Kier alpha value is -2.22. The zero-order chi connectivity index (χ0) is 19.9. The van der Waals surface area contributed by atoms with Crippen LogP contribution in [-0.2, 0) is 25.4 Å². The number of carbonyl (C=O) groups excluding carboxylic acids is 1. The van der Waals surface area contributed by atoms with Gasteiger partial charge in [0.05, 0.1) is 12.6 Å². The van der Waals surface area contributed by atoms with Gasteiger partial charge in [0.2, 0.25) is 0 Å². The van der Waals surface area contributed by atoms with Crippen LogP contribution < -0.4 is 11.2 Å². The van der Waals surface area contributed by atoms with Crippen LogP contribution in [0.15, 0.2) is 9.59 Å². The van der Waals surface area contributed by atoms with Gasteiger partial charge in [-0.3, -0.25) is 23.6 Å². The van der Waals surface area contributed by atoms with E-state index in [-0.39, 0.29) is 5.78 Å². The quantitative estimate of drug-likeness (QED) is 0.788. The smallest absolute Gasteiger partial charge is 0.311 e. The van der Waals surface area contributed by atoms with Gasteiger partial charge in [-0.25, -0.2) is 9.78 Å². The van der Waals surface area contributed by atoms with Crippen LogP contribution in [0.2, 0.25) is 0 Å². The van der Waals surface area contributed by atoms with Crippen LogP contribution in [0.3, 0.4) is 0 Å². The molecule has 0 radical (unpaired) electrons. The fourth-order valence-electron chi connectivity index (χ4n) is 4.08. The number of fused-ring (bicyclic) bond motifs is 1. The standard InChI is InChI=1S/C19H29N5O3/c1-6-14-9-7-8-10-23(14)11-15-20-17-16(24(15)12(2)13(3)25)18(26)22(5)19(27)21(17)4/h12,14H,6-11H2,1-5H3/t12-,14-/m0/s1. The summed E-state index contributed by atoms with van der Waals surface area (Å²) < 4.78 is 4.20. The normalized spacial score (nSPS) is 19.5. The highest BCUT2D eigenvalue weighted by molar-refractivity contribution is 5.82. The molecule has 8 nitrogen and oxygen atoms in total. The Morgan fingerprint density at radius 3 is 2.56 bits per heavy atom. The first-order valence-electron chi connectivity index (χ1n) is 9.69. The monoisotopic (exact) mass is 375 g/mol. The molecule has 0 unspecified atom stereocenters. The molecule has 0 aromatic carbocycles. The van der Waals surface area contributed by atoms with Crippen LogP contribution in [0, 0.1) is 0 Å². The highest BCUT2D eigenvalue weighted by Gasteiger charge is 2.28. The van der Waals surface area contributed by atoms with Crippen molar-refractivity contribution < 1.29 is 4.79 Å². The van der Waals surface area contributed by atoms with E-state index in [9.17, 15) is 14.4 Å². The number of aromatic nitrogens is 4. The Labute approximate surface area is 158 Å². The summed E-state index contributed by atoms with van der Waals surface area (Å²) in [6.07, 6.45) is 4.57. The Bertz CT molecular complexity index is 984.